The van der Waals surface area contributed by atoms with Crippen LogP contribution >= 0.6 is 11.6 Å². The Morgan fingerprint density at radius 1 is 1.52 bits per heavy atom. The molecule has 0 bridgehead atoms. The van der Waals surface area contributed by atoms with Gasteiger partial charge in [0.25, 0.3) is 10.0 Å². The van der Waals surface area contributed by atoms with Gasteiger partial charge in [0.2, 0.25) is 0 Å². The summed E-state index contributed by atoms with van der Waals surface area (Å²) in [5.74, 6) is -0.659. The van der Waals surface area contributed by atoms with Crippen molar-refractivity contribution in [1.29, 1.82) is 5.26 Å². The van der Waals surface area contributed by atoms with E-state index in [2.05, 4.69) is 9.82 Å². The van der Waals surface area contributed by atoms with Gasteiger partial charge in [-0.15, -0.1) is 0 Å². The monoisotopic (exact) mass is 328 g/mol. The van der Waals surface area contributed by atoms with Crippen molar-refractivity contribution in [2.45, 2.75) is 11.6 Å². The summed E-state index contributed by atoms with van der Waals surface area (Å²) >= 11 is 5.77. The molecular formula is C12H10ClFN4O2S. The number of aromatic nitrogens is 2. The second kappa shape index (κ2) is 5.81. The van der Waals surface area contributed by atoms with Crippen molar-refractivity contribution < 1.29 is 12.8 Å². The Hall–Kier alpha value is -1.95. The van der Waals surface area contributed by atoms with Crippen LogP contribution in [0.4, 0.5) is 4.39 Å². The molecule has 0 aliphatic rings. The molecule has 2 aromatic rings. The number of halogens is 2. The minimum absolute atomic E-state index is 0.0229. The first-order chi connectivity index (χ1) is 9.85. The fourth-order valence-corrected chi connectivity index (χ4v) is 3.36. The molecule has 0 spiro atoms. The maximum absolute atomic E-state index is 13.7. The average Bonchev–Trinajstić information content (AvgIpc) is 2.77. The number of aryl methyl sites for hydroxylation is 1. The Morgan fingerprint density at radius 3 is 2.76 bits per heavy atom. The van der Waals surface area contributed by atoms with E-state index in [0.29, 0.717) is 0 Å². The van der Waals surface area contributed by atoms with Crippen molar-refractivity contribution in [2.75, 3.05) is 0 Å². The molecule has 6 nitrogen and oxygen atoms in total. The van der Waals surface area contributed by atoms with Crippen molar-refractivity contribution in [3.63, 3.8) is 0 Å². The summed E-state index contributed by atoms with van der Waals surface area (Å²) in [7, 11) is -2.49. The fourth-order valence-electron chi connectivity index (χ4n) is 1.70. The van der Waals surface area contributed by atoms with Crippen molar-refractivity contribution in [3.05, 3.63) is 46.4 Å². The number of nitrogens with one attached hydrogen (secondary N) is 1. The van der Waals surface area contributed by atoms with Crippen molar-refractivity contribution in [1.82, 2.24) is 14.5 Å². The van der Waals surface area contributed by atoms with Gasteiger partial charge in [-0.2, -0.15) is 10.4 Å². The van der Waals surface area contributed by atoms with Crippen LogP contribution in [0.15, 0.2) is 29.4 Å². The molecule has 0 radical (unpaired) electrons. The summed E-state index contributed by atoms with van der Waals surface area (Å²) in [6.45, 7) is -0.263. The highest BCUT2D eigenvalue weighted by Crippen LogP contribution is 2.20. The molecule has 0 aliphatic carbocycles. The first kappa shape index (κ1) is 15.4. The first-order valence-corrected chi connectivity index (χ1v) is 7.57. The third kappa shape index (κ3) is 3.21. The largest absolute Gasteiger partial charge is 0.259 e. The summed E-state index contributed by atoms with van der Waals surface area (Å²) in [5.41, 5.74) is 0.282. The van der Waals surface area contributed by atoms with Gasteiger partial charge in [-0.25, -0.2) is 17.5 Å². The summed E-state index contributed by atoms with van der Waals surface area (Å²) in [5, 5.41) is 12.2. The third-order valence-corrected chi connectivity index (χ3v) is 4.64. The van der Waals surface area contributed by atoms with Crippen LogP contribution in [0.25, 0.3) is 0 Å². The van der Waals surface area contributed by atoms with Gasteiger partial charge in [-0.05, 0) is 12.1 Å². The van der Waals surface area contributed by atoms with E-state index in [4.69, 9.17) is 16.9 Å². The predicted molar refractivity (Wildman–Crippen MR) is 73.4 cm³/mol. The van der Waals surface area contributed by atoms with Crippen LogP contribution in [0.5, 0.6) is 0 Å². The molecule has 0 atom stereocenters. The van der Waals surface area contributed by atoms with Crippen molar-refractivity contribution in [2.24, 2.45) is 7.05 Å². The molecule has 0 saturated carbocycles. The maximum Gasteiger partial charge on any atom is 0.259 e. The molecular weight excluding hydrogens is 319 g/mol. The molecule has 21 heavy (non-hydrogen) atoms. The highest BCUT2D eigenvalue weighted by atomic mass is 35.5. The summed E-state index contributed by atoms with van der Waals surface area (Å²) in [6.07, 6.45) is 1.21. The zero-order valence-corrected chi connectivity index (χ0v) is 12.4. The topological polar surface area (TPSA) is 87.8 Å². The number of sulfonamides is 1. The SMILES string of the molecule is Cn1ncc(Cl)c1S(=O)(=O)NCc1ccc(C#N)cc1F. The Bertz CT molecular complexity index is 807. The minimum Gasteiger partial charge on any atom is -0.255 e. The van der Waals surface area contributed by atoms with Gasteiger partial charge >= 0.3 is 0 Å². The Labute approximate surface area is 125 Å². The van der Waals surface area contributed by atoms with E-state index < -0.39 is 15.8 Å². The summed E-state index contributed by atoms with van der Waals surface area (Å²) in [4.78, 5) is 0. The quantitative estimate of drug-likeness (QED) is 0.922. The van der Waals surface area contributed by atoms with E-state index in [1.54, 1.807) is 6.07 Å². The highest BCUT2D eigenvalue weighted by Gasteiger charge is 2.22. The van der Waals surface area contributed by atoms with Gasteiger partial charge in [0, 0.05) is 19.2 Å². The molecule has 1 aromatic heterocycles. The van der Waals surface area contributed by atoms with Gasteiger partial charge in [0.15, 0.2) is 5.03 Å². The van der Waals surface area contributed by atoms with Crippen LogP contribution < -0.4 is 4.72 Å². The predicted octanol–water partition coefficient (Wildman–Crippen LogP) is 1.56. The molecule has 9 heteroatoms. The van der Waals surface area contributed by atoms with Crippen LogP contribution in [0.1, 0.15) is 11.1 Å². The van der Waals surface area contributed by atoms with Gasteiger partial charge in [0.05, 0.1) is 22.9 Å². The van der Waals surface area contributed by atoms with Crippen LogP contribution in [0.2, 0.25) is 5.02 Å². The molecule has 2 rings (SSSR count). The van der Waals surface area contributed by atoms with E-state index in [-0.39, 0.29) is 27.7 Å². The summed E-state index contributed by atoms with van der Waals surface area (Å²) < 4.78 is 41.3. The lowest BCUT2D eigenvalue weighted by Crippen LogP contribution is -2.26. The minimum atomic E-state index is -3.92. The van der Waals surface area contributed by atoms with Gasteiger partial charge < -0.3 is 0 Å². The molecule has 0 aliphatic heterocycles. The molecule has 110 valence electrons. The van der Waals surface area contributed by atoms with Crippen LogP contribution in [0.3, 0.4) is 0 Å². The van der Waals surface area contributed by atoms with E-state index in [0.717, 1.165) is 10.7 Å². The van der Waals surface area contributed by atoms with E-state index in [1.165, 1.54) is 25.4 Å². The molecule has 0 amide bonds. The van der Waals surface area contributed by atoms with E-state index in [9.17, 15) is 12.8 Å². The van der Waals surface area contributed by atoms with Gasteiger partial charge in [-0.1, -0.05) is 17.7 Å². The Morgan fingerprint density at radius 2 is 2.24 bits per heavy atom. The molecule has 0 saturated heterocycles. The molecule has 1 aromatic carbocycles. The van der Waals surface area contributed by atoms with Gasteiger partial charge in [-0.3, -0.25) is 4.68 Å². The summed E-state index contributed by atoms with van der Waals surface area (Å²) in [6, 6.07) is 5.59. The molecule has 0 unspecified atom stereocenters. The molecule has 1 N–H and O–H groups in total. The second-order valence-corrected chi connectivity index (χ2v) is 6.25. The number of hydrogen-bond donors (Lipinski definition) is 1. The lowest BCUT2D eigenvalue weighted by atomic mass is 10.1. The number of nitrogens with zero attached hydrogens (tertiary/aromatic N) is 3. The average molecular weight is 329 g/mol. The smallest absolute Gasteiger partial charge is 0.255 e. The van der Waals surface area contributed by atoms with E-state index >= 15 is 0 Å². The highest BCUT2D eigenvalue weighted by molar-refractivity contribution is 7.89. The molecule has 0 fully saturated rings. The van der Waals surface area contributed by atoms with Crippen LogP contribution in [0, 0.1) is 17.1 Å². The normalized spacial score (nSPS) is 11.3. The third-order valence-electron chi connectivity index (χ3n) is 2.73. The Kier molecular flexibility index (Phi) is 4.27. The number of benzene rings is 1. The van der Waals surface area contributed by atoms with Crippen LogP contribution in [-0.4, -0.2) is 18.2 Å². The lowest BCUT2D eigenvalue weighted by Gasteiger charge is -2.08. The number of hydrogen-bond acceptors (Lipinski definition) is 4. The lowest BCUT2D eigenvalue weighted by molar-refractivity contribution is 0.558. The zero-order chi connectivity index (χ0) is 15.6. The second-order valence-electron chi connectivity index (χ2n) is 4.16. The Balaban J connectivity index is 2.22. The maximum atomic E-state index is 13.7. The standard InChI is InChI=1S/C12H10ClFN4O2S/c1-18-12(10(13)7-16-18)21(19,20)17-6-9-3-2-8(5-15)4-11(9)14/h2-4,7,17H,6H2,1H3. The fraction of sp³-hybridized carbons (Fsp3) is 0.167. The first-order valence-electron chi connectivity index (χ1n) is 5.71. The van der Waals surface area contributed by atoms with Crippen molar-refractivity contribution >= 4 is 21.6 Å². The zero-order valence-electron chi connectivity index (χ0n) is 10.8. The number of nitriles is 1. The molecule has 1 heterocycles. The van der Waals surface area contributed by atoms with Crippen LogP contribution in [-0.2, 0) is 23.6 Å². The number of rotatable bonds is 4. The van der Waals surface area contributed by atoms with Gasteiger partial charge in [0.1, 0.15) is 5.82 Å². The van der Waals surface area contributed by atoms with Crippen molar-refractivity contribution in [3.8, 4) is 6.07 Å². The van der Waals surface area contributed by atoms with E-state index in [1.807, 2.05) is 0 Å².